The smallest absolute Gasteiger partial charge is 0.234 e. The third kappa shape index (κ3) is 5.78. The summed E-state index contributed by atoms with van der Waals surface area (Å²) in [6.07, 6.45) is -0.498. The average Bonchev–Trinajstić information content (AvgIpc) is 3.02. The maximum Gasteiger partial charge on any atom is 0.234 e. The average molecular weight is 490 g/mol. The lowest BCUT2D eigenvalue weighted by Crippen LogP contribution is -2.15. The summed E-state index contributed by atoms with van der Waals surface area (Å²) in [6, 6.07) is 8.68. The summed E-state index contributed by atoms with van der Waals surface area (Å²) in [7, 11) is 1.76. The number of benzene rings is 2. The minimum atomic E-state index is -0.498. The molecule has 0 bridgehead atoms. The molecule has 0 aliphatic carbocycles. The van der Waals surface area contributed by atoms with E-state index in [2.05, 4.69) is 15.5 Å². The summed E-state index contributed by atoms with van der Waals surface area (Å²) >= 11 is 19.1. The van der Waals surface area contributed by atoms with E-state index in [1.54, 1.807) is 36.7 Å². The Morgan fingerprint density at radius 3 is 2.57 bits per heavy atom. The first-order chi connectivity index (χ1) is 14.2. The largest absolute Gasteiger partial charge is 0.481 e. The van der Waals surface area contributed by atoms with Crippen LogP contribution in [0.25, 0.3) is 0 Å². The highest BCUT2D eigenvalue weighted by molar-refractivity contribution is 7.99. The van der Waals surface area contributed by atoms with E-state index in [0.29, 0.717) is 32.5 Å². The molecule has 1 unspecified atom stereocenters. The Bertz CT molecular complexity index is 1060. The summed E-state index contributed by atoms with van der Waals surface area (Å²) in [4.78, 5) is 12.2. The fraction of sp³-hybridized carbons (Fsp3) is 0.211. The first kappa shape index (κ1) is 22.7. The number of halogens is 4. The summed E-state index contributed by atoms with van der Waals surface area (Å²) in [5, 5.41) is 12.5. The Balaban J connectivity index is 1.61. The number of thioether (sulfide) groups is 1. The predicted molar refractivity (Wildman–Crippen MR) is 117 cm³/mol. The SMILES string of the molecule is CC(Oc1ccc(F)cc1Cl)c1nnc(SCC(=O)Nc2cc(Cl)cc(Cl)c2)n1C. The van der Waals surface area contributed by atoms with Crippen LogP contribution in [0.15, 0.2) is 41.6 Å². The molecule has 0 fully saturated rings. The lowest BCUT2D eigenvalue weighted by Gasteiger charge is -2.15. The standard InChI is InChI=1S/C19H16Cl3FN4O2S/c1-10(29-16-4-3-13(23)8-15(16)22)18-25-26-19(27(18)2)30-9-17(28)24-14-6-11(20)5-12(21)7-14/h3-8,10H,9H2,1-2H3,(H,24,28). The van der Waals surface area contributed by atoms with E-state index in [1.807, 2.05) is 0 Å². The Morgan fingerprint density at radius 2 is 1.90 bits per heavy atom. The minimum absolute atomic E-state index is 0.106. The molecule has 3 rings (SSSR count). The first-order valence-corrected chi connectivity index (χ1v) is 10.7. The first-order valence-electron chi connectivity index (χ1n) is 8.62. The van der Waals surface area contributed by atoms with Crippen molar-refractivity contribution in [2.75, 3.05) is 11.1 Å². The number of carbonyl (C=O) groups excluding carboxylic acids is 1. The van der Waals surface area contributed by atoms with E-state index in [9.17, 15) is 9.18 Å². The van der Waals surface area contributed by atoms with Crippen molar-refractivity contribution in [2.45, 2.75) is 18.2 Å². The maximum atomic E-state index is 13.2. The van der Waals surface area contributed by atoms with Gasteiger partial charge in [-0.25, -0.2) is 4.39 Å². The molecule has 30 heavy (non-hydrogen) atoms. The number of hydrogen-bond acceptors (Lipinski definition) is 5. The Morgan fingerprint density at radius 1 is 1.20 bits per heavy atom. The van der Waals surface area contributed by atoms with Gasteiger partial charge in [0.15, 0.2) is 17.1 Å². The van der Waals surface area contributed by atoms with Gasteiger partial charge in [-0.05, 0) is 43.3 Å². The van der Waals surface area contributed by atoms with E-state index in [-0.39, 0.29) is 16.7 Å². The van der Waals surface area contributed by atoms with Crippen molar-refractivity contribution >= 4 is 58.2 Å². The van der Waals surface area contributed by atoms with Gasteiger partial charge < -0.3 is 14.6 Å². The van der Waals surface area contributed by atoms with Gasteiger partial charge in [0.1, 0.15) is 11.6 Å². The minimum Gasteiger partial charge on any atom is -0.481 e. The Labute approximate surface area is 191 Å². The number of ether oxygens (including phenoxy) is 1. The van der Waals surface area contributed by atoms with E-state index in [4.69, 9.17) is 39.5 Å². The zero-order chi connectivity index (χ0) is 21.8. The summed E-state index contributed by atoms with van der Waals surface area (Å²) in [5.74, 6) is 0.276. The Kier molecular flexibility index (Phi) is 7.46. The molecule has 1 amide bonds. The summed E-state index contributed by atoms with van der Waals surface area (Å²) < 4.78 is 20.7. The van der Waals surface area contributed by atoms with E-state index >= 15 is 0 Å². The zero-order valence-electron chi connectivity index (χ0n) is 15.8. The van der Waals surface area contributed by atoms with Crippen molar-refractivity contribution in [3.05, 3.63) is 63.1 Å². The van der Waals surface area contributed by atoms with Crippen LogP contribution in [0.2, 0.25) is 15.1 Å². The number of anilines is 1. The normalized spacial score (nSPS) is 11.9. The van der Waals surface area contributed by atoms with Crippen molar-refractivity contribution in [1.82, 2.24) is 14.8 Å². The molecule has 6 nitrogen and oxygen atoms in total. The van der Waals surface area contributed by atoms with E-state index in [0.717, 1.165) is 0 Å². The molecule has 0 radical (unpaired) electrons. The third-order valence-corrected chi connectivity index (χ3v) is 5.66. The fourth-order valence-corrected chi connectivity index (χ4v) is 4.03. The molecule has 1 heterocycles. The highest BCUT2D eigenvalue weighted by atomic mass is 35.5. The van der Waals surface area contributed by atoms with E-state index in [1.165, 1.54) is 30.0 Å². The number of amides is 1. The van der Waals surface area contributed by atoms with Gasteiger partial charge in [-0.2, -0.15) is 0 Å². The fourth-order valence-electron chi connectivity index (χ4n) is 2.57. The number of nitrogens with one attached hydrogen (secondary N) is 1. The summed E-state index contributed by atoms with van der Waals surface area (Å²) in [5.41, 5.74) is 0.509. The molecule has 0 spiro atoms. The number of nitrogens with zero attached hydrogens (tertiary/aromatic N) is 3. The molecule has 0 saturated carbocycles. The summed E-state index contributed by atoms with van der Waals surface area (Å²) in [6.45, 7) is 1.77. The van der Waals surface area contributed by atoms with Gasteiger partial charge in [0.05, 0.1) is 10.8 Å². The van der Waals surface area contributed by atoms with Gasteiger partial charge in [0.2, 0.25) is 5.91 Å². The number of carbonyl (C=O) groups is 1. The molecule has 0 aliphatic heterocycles. The third-order valence-electron chi connectivity index (χ3n) is 3.91. The maximum absolute atomic E-state index is 13.2. The van der Waals surface area contributed by atoms with Crippen molar-refractivity contribution < 1.29 is 13.9 Å². The van der Waals surface area contributed by atoms with Crippen LogP contribution in [0.1, 0.15) is 18.9 Å². The van der Waals surface area contributed by atoms with Gasteiger partial charge >= 0.3 is 0 Å². The lowest BCUT2D eigenvalue weighted by atomic mass is 10.3. The van der Waals surface area contributed by atoms with Crippen LogP contribution >= 0.6 is 46.6 Å². The van der Waals surface area contributed by atoms with Crippen LogP contribution < -0.4 is 10.1 Å². The number of rotatable bonds is 7. The predicted octanol–water partition coefficient (Wildman–Crippen LogP) is 5.79. The molecule has 0 saturated heterocycles. The second-order valence-corrected chi connectivity index (χ2v) is 8.45. The van der Waals surface area contributed by atoms with Crippen LogP contribution in [-0.4, -0.2) is 26.4 Å². The monoisotopic (exact) mass is 488 g/mol. The highest BCUT2D eigenvalue weighted by Gasteiger charge is 2.19. The van der Waals surface area contributed by atoms with Crippen molar-refractivity contribution in [3.63, 3.8) is 0 Å². The number of aromatic nitrogens is 3. The second kappa shape index (κ2) is 9.87. The lowest BCUT2D eigenvalue weighted by molar-refractivity contribution is -0.113. The zero-order valence-corrected chi connectivity index (χ0v) is 18.9. The topological polar surface area (TPSA) is 69.0 Å². The molecule has 3 aromatic rings. The van der Waals surface area contributed by atoms with Crippen LogP contribution in [0.3, 0.4) is 0 Å². The van der Waals surface area contributed by atoms with E-state index < -0.39 is 11.9 Å². The molecular formula is C19H16Cl3FN4O2S. The van der Waals surface area contributed by atoms with Gasteiger partial charge in [0, 0.05) is 22.8 Å². The molecular weight excluding hydrogens is 474 g/mol. The molecule has 1 atom stereocenters. The Hall–Kier alpha value is -2.00. The van der Waals surface area contributed by atoms with Gasteiger partial charge in [-0.15, -0.1) is 10.2 Å². The second-order valence-electron chi connectivity index (χ2n) is 6.23. The van der Waals surface area contributed by atoms with Crippen molar-refractivity contribution in [2.24, 2.45) is 7.05 Å². The molecule has 11 heteroatoms. The van der Waals surface area contributed by atoms with Crippen LogP contribution in [0.5, 0.6) is 5.75 Å². The van der Waals surface area contributed by atoms with Crippen LogP contribution in [-0.2, 0) is 11.8 Å². The number of hydrogen-bond donors (Lipinski definition) is 1. The van der Waals surface area contributed by atoms with Gasteiger partial charge in [-0.1, -0.05) is 46.6 Å². The molecule has 1 aromatic heterocycles. The quantitative estimate of drug-likeness (QED) is 0.426. The van der Waals surface area contributed by atoms with Crippen molar-refractivity contribution in [3.8, 4) is 5.75 Å². The van der Waals surface area contributed by atoms with Crippen LogP contribution in [0, 0.1) is 5.82 Å². The molecule has 158 valence electrons. The molecule has 2 aromatic carbocycles. The van der Waals surface area contributed by atoms with Crippen LogP contribution in [0.4, 0.5) is 10.1 Å². The van der Waals surface area contributed by atoms with Gasteiger partial charge in [-0.3, -0.25) is 4.79 Å². The molecule has 1 N–H and O–H groups in total. The van der Waals surface area contributed by atoms with Gasteiger partial charge in [0.25, 0.3) is 0 Å². The highest BCUT2D eigenvalue weighted by Crippen LogP contribution is 2.30. The van der Waals surface area contributed by atoms with Crippen molar-refractivity contribution in [1.29, 1.82) is 0 Å². The molecule has 0 aliphatic rings.